The van der Waals surface area contributed by atoms with Crippen molar-refractivity contribution in [3.8, 4) is 0 Å². The number of likely N-dealkylation sites (N-methyl/N-ethyl adjacent to an activating group) is 1. The number of nitrogens with one attached hydrogen (secondary N) is 2. The Morgan fingerprint density at radius 3 is 2.57 bits per heavy atom. The molecule has 164 valence electrons. The Morgan fingerprint density at radius 2 is 1.97 bits per heavy atom. The van der Waals surface area contributed by atoms with E-state index in [1.165, 1.54) is 0 Å². The highest BCUT2D eigenvalue weighted by Crippen LogP contribution is 2.34. The van der Waals surface area contributed by atoms with Gasteiger partial charge in [0.1, 0.15) is 11.9 Å². The Hall–Kier alpha value is -2.71. The average Bonchev–Trinajstić information content (AvgIpc) is 2.95. The molecule has 1 aliphatic heterocycles. The van der Waals surface area contributed by atoms with E-state index in [0.29, 0.717) is 54.5 Å². The molecular formula is C21H30F2N6O. The van der Waals surface area contributed by atoms with Gasteiger partial charge in [-0.15, -0.1) is 0 Å². The van der Waals surface area contributed by atoms with Gasteiger partial charge in [-0.25, -0.2) is 18.8 Å². The number of allylic oxidation sites excluding steroid dienone is 2. The van der Waals surface area contributed by atoms with E-state index >= 15 is 0 Å². The molecule has 0 radical (unpaired) electrons. The number of carbonyl (C=O) groups is 1. The summed E-state index contributed by atoms with van der Waals surface area (Å²) in [5, 5.41) is 6.53. The first-order chi connectivity index (χ1) is 14.1. The van der Waals surface area contributed by atoms with Gasteiger partial charge in [0.15, 0.2) is 5.82 Å². The molecule has 2 heterocycles. The van der Waals surface area contributed by atoms with Crippen LogP contribution in [0.4, 0.5) is 26.1 Å². The molecule has 9 heteroatoms. The number of likely N-dealkylation sites (tertiary alicyclic amines) is 1. The van der Waals surface area contributed by atoms with Crippen molar-refractivity contribution in [1.82, 2.24) is 9.88 Å². The van der Waals surface area contributed by atoms with Gasteiger partial charge in [-0.05, 0) is 39.2 Å². The monoisotopic (exact) mass is 420 g/mol. The van der Waals surface area contributed by atoms with Crippen LogP contribution in [0.15, 0.2) is 28.9 Å². The molecule has 2 aliphatic rings. The second-order valence-electron chi connectivity index (χ2n) is 8.26. The van der Waals surface area contributed by atoms with Gasteiger partial charge in [-0.3, -0.25) is 4.79 Å². The third-order valence-electron chi connectivity index (χ3n) is 5.38. The minimum atomic E-state index is -2.58. The zero-order valence-electron chi connectivity index (χ0n) is 17.7. The van der Waals surface area contributed by atoms with Crippen molar-refractivity contribution >= 4 is 28.9 Å². The number of pyridine rings is 1. The molecule has 30 heavy (non-hydrogen) atoms. The quantitative estimate of drug-likeness (QED) is 0.611. The number of halogens is 2. The normalized spacial score (nSPS) is 23.0. The van der Waals surface area contributed by atoms with Crippen molar-refractivity contribution in [2.24, 2.45) is 10.7 Å². The number of amides is 1. The first-order valence-electron chi connectivity index (χ1n) is 10.3. The van der Waals surface area contributed by atoms with Gasteiger partial charge in [0.25, 0.3) is 0 Å². The first kappa shape index (κ1) is 22.0. The minimum absolute atomic E-state index is 0.0405. The summed E-state index contributed by atoms with van der Waals surface area (Å²) in [6, 6.07) is 3.20. The molecule has 1 aromatic rings. The zero-order valence-corrected chi connectivity index (χ0v) is 17.7. The molecule has 1 saturated carbocycles. The Bertz CT molecular complexity index is 840. The van der Waals surface area contributed by atoms with Gasteiger partial charge in [0, 0.05) is 61.7 Å². The van der Waals surface area contributed by atoms with Gasteiger partial charge >= 0.3 is 0 Å². The van der Waals surface area contributed by atoms with Crippen LogP contribution in [0.5, 0.6) is 0 Å². The standard InChI is InChI=1S/C21H30F2N6O/c1-13(24)10-14(2)25-18-11-16(26-17-6-9-29(3)20(17)30)12-19(28-18)27-15-4-7-21(22,23)8-5-15/h10-12,15,17H,4-9,24H2,1-3H3,(H2,26,27,28). The van der Waals surface area contributed by atoms with E-state index in [9.17, 15) is 13.6 Å². The van der Waals surface area contributed by atoms with Crippen molar-refractivity contribution in [2.75, 3.05) is 24.2 Å². The Kier molecular flexibility index (Phi) is 6.58. The van der Waals surface area contributed by atoms with E-state index in [-0.39, 0.29) is 30.8 Å². The second kappa shape index (κ2) is 8.97. The molecule has 3 rings (SSSR count). The van der Waals surface area contributed by atoms with Crippen molar-refractivity contribution in [2.45, 2.75) is 64.0 Å². The van der Waals surface area contributed by atoms with E-state index in [0.717, 1.165) is 0 Å². The fraction of sp³-hybridized carbons (Fsp3) is 0.571. The number of rotatable bonds is 6. The molecule has 4 N–H and O–H groups in total. The Balaban J connectivity index is 1.82. The lowest BCUT2D eigenvalue weighted by atomic mass is 9.92. The van der Waals surface area contributed by atoms with Crippen LogP contribution in [0, 0.1) is 0 Å². The largest absolute Gasteiger partial charge is 0.402 e. The molecule has 0 bridgehead atoms. The third-order valence-corrected chi connectivity index (χ3v) is 5.38. The smallest absolute Gasteiger partial charge is 0.248 e. The van der Waals surface area contributed by atoms with Crippen LogP contribution in [0.25, 0.3) is 0 Å². The topological polar surface area (TPSA) is 95.6 Å². The molecule has 1 saturated heterocycles. The second-order valence-corrected chi connectivity index (χ2v) is 8.26. The maximum Gasteiger partial charge on any atom is 0.248 e. The average molecular weight is 421 g/mol. The summed E-state index contributed by atoms with van der Waals surface area (Å²) in [5.41, 5.74) is 7.76. The highest BCUT2D eigenvalue weighted by molar-refractivity contribution is 5.95. The van der Waals surface area contributed by atoms with Crippen LogP contribution in [-0.4, -0.2) is 53.1 Å². The number of carbonyl (C=O) groups excluding carboxylic acids is 1. The van der Waals surface area contributed by atoms with E-state index < -0.39 is 5.92 Å². The molecule has 0 spiro atoms. The van der Waals surface area contributed by atoms with E-state index in [1.54, 1.807) is 37.1 Å². The first-order valence-corrected chi connectivity index (χ1v) is 10.3. The molecule has 1 amide bonds. The lowest BCUT2D eigenvalue weighted by molar-refractivity contribution is -0.127. The van der Waals surface area contributed by atoms with Gasteiger partial charge < -0.3 is 21.3 Å². The van der Waals surface area contributed by atoms with Crippen LogP contribution in [0.2, 0.25) is 0 Å². The zero-order chi connectivity index (χ0) is 21.9. The number of hydrogen-bond donors (Lipinski definition) is 3. The number of hydrogen-bond acceptors (Lipinski definition) is 6. The summed E-state index contributed by atoms with van der Waals surface area (Å²) >= 11 is 0. The maximum atomic E-state index is 13.5. The molecule has 1 aliphatic carbocycles. The molecule has 1 atom stereocenters. The number of anilines is 2. The van der Waals surface area contributed by atoms with Crippen molar-refractivity contribution in [3.05, 3.63) is 23.9 Å². The molecule has 0 aromatic carbocycles. The molecule has 7 nitrogen and oxygen atoms in total. The van der Waals surface area contributed by atoms with Gasteiger partial charge in [-0.1, -0.05) is 0 Å². The summed E-state index contributed by atoms with van der Waals surface area (Å²) in [4.78, 5) is 23.0. The van der Waals surface area contributed by atoms with Crippen LogP contribution < -0.4 is 16.4 Å². The van der Waals surface area contributed by atoms with E-state index in [1.807, 2.05) is 6.92 Å². The lowest BCUT2D eigenvalue weighted by Crippen LogP contribution is -2.32. The predicted octanol–water partition coefficient (Wildman–Crippen LogP) is 3.67. The summed E-state index contributed by atoms with van der Waals surface area (Å²) in [6.45, 7) is 4.30. The fourth-order valence-corrected chi connectivity index (χ4v) is 3.82. The molecule has 2 fully saturated rings. The van der Waals surface area contributed by atoms with Crippen LogP contribution in [-0.2, 0) is 4.79 Å². The lowest BCUT2D eigenvalue weighted by Gasteiger charge is -2.29. The number of nitrogens with zero attached hydrogens (tertiary/aromatic N) is 3. The highest BCUT2D eigenvalue weighted by Gasteiger charge is 2.35. The number of nitrogens with two attached hydrogens (primary N) is 1. The number of aromatic nitrogens is 1. The van der Waals surface area contributed by atoms with Crippen LogP contribution >= 0.6 is 0 Å². The minimum Gasteiger partial charge on any atom is -0.402 e. The van der Waals surface area contributed by atoms with Crippen molar-refractivity contribution in [1.29, 1.82) is 0 Å². The SMILES string of the molecule is CC(N)=CC(C)=Nc1cc(NC2CCN(C)C2=O)cc(NC2CCC(F)(F)CC2)n1. The van der Waals surface area contributed by atoms with Crippen LogP contribution in [0.3, 0.4) is 0 Å². The summed E-state index contributed by atoms with van der Waals surface area (Å²) in [7, 11) is 1.78. The van der Waals surface area contributed by atoms with Gasteiger partial charge in [0.05, 0.1) is 0 Å². The Morgan fingerprint density at radius 1 is 1.27 bits per heavy atom. The predicted molar refractivity (Wildman–Crippen MR) is 115 cm³/mol. The molecule has 1 unspecified atom stereocenters. The fourth-order valence-electron chi connectivity index (χ4n) is 3.82. The molecular weight excluding hydrogens is 390 g/mol. The highest BCUT2D eigenvalue weighted by atomic mass is 19.3. The van der Waals surface area contributed by atoms with Gasteiger partial charge in [0.2, 0.25) is 11.8 Å². The summed E-state index contributed by atoms with van der Waals surface area (Å²) in [6.07, 6.45) is 2.96. The van der Waals surface area contributed by atoms with Crippen LogP contribution in [0.1, 0.15) is 46.0 Å². The number of aliphatic imine (C=N–C) groups is 1. The van der Waals surface area contributed by atoms with Crippen molar-refractivity contribution in [3.63, 3.8) is 0 Å². The molecule has 1 aromatic heterocycles. The summed E-state index contributed by atoms with van der Waals surface area (Å²) < 4.78 is 26.9. The van der Waals surface area contributed by atoms with E-state index in [4.69, 9.17) is 5.73 Å². The van der Waals surface area contributed by atoms with E-state index in [2.05, 4.69) is 20.6 Å². The number of alkyl halides is 2. The maximum absolute atomic E-state index is 13.5. The van der Waals surface area contributed by atoms with Crippen molar-refractivity contribution < 1.29 is 13.6 Å². The Labute approximate surface area is 175 Å². The van der Waals surface area contributed by atoms with Gasteiger partial charge in [-0.2, -0.15) is 0 Å². The summed E-state index contributed by atoms with van der Waals surface area (Å²) in [5.74, 6) is -1.53. The third kappa shape index (κ3) is 5.90.